The normalized spacial score (nSPS) is 30.3. The summed E-state index contributed by atoms with van der Waals surface area (Å²) in [5, 5.41) is 0.579. The third kappa shape index (κ3) is 9.20. The number of benzene rings is 1. The Kier molecular flexibility index (Phi) is 12.8. The number of hydrogen-bond donors (Lipinski definition) is 0. The number of hydrogen-bond acceptors (Lipinski definition) is 13. The number of carbonyl (C=O) groups excluding carboxylic acids is 5. The van der Waals surface area contributed by atoms with E-state index in [9.17, 15) is 28.8 Å². The molecule has 2 aromatic rings. The minimum atomic E-state index is -0.941. The van der Waals surface area contributed by atoms with Gasteiger partial charge >= 0.3 is 232 Å². The van der Waals surface area contributed by atoms with Gasteiger partial charge in [0.25, 0.3) is 0 Å². The number of esters is 4. The SMILES string of the molecule is CC(=O)OCC1O[C@@H](CC(=O)Cn2[se]c3ccccc3c2=O)C(OC(C)=O)[C@@H](C)[C@@H]1O[C@@H]1OC(COC(C)=O)[C@H](OC(C)=O)[C@H](C)C1C. The molecule has 15 heteroatoms. The molecule has 2 aliphatic rings. The Morgan fingerprint density at radius 1 is 0.729 bits per heavy atom. The third-order valence-corrected chi connectivity index (χ3v) is 10.9. The zero-order chi connectivity index (χ0) is 35.3. The second-order valence-electron chi connectivity index (χ2n) is 12.4. The van der Waals surface area contributed by atoms with Crippen LogP contribution in [-0.4, -0.2) is 104 Å². The van der Waals surface area contributed by atoms with E-state index < -0.39 is 72.7 Å². The van der Waals surface area contributed by atoms with E-state index in [2.05, 4.69) is 0 Å². The Balaban J connectivity index is 1.58. The van der Waals surface area contributed by atoms with Crippen LogP contribution in [0.15, 0.2) is 29.1 Å². The van der Waals surface area contributed by atoms with E-state index in [0.29, 0.717) is 5.39 Å². The van der Waals surface area contributed by atoms with Gasteiger partial charge in [0.15, 0.2) is 0 Å². The maximum atomic E-state index is 13.4. The van der Waals surface area contributed by atoms with E-state index in [1.165, 1.54) is 31.3 Å². The Hall–Kier alpha value is -3.36. The monoisotopic (exact) mass is 741 g/mol. The van der Waals surface area contributed by atoms with Crippen molar-refractivity contribution >= 4 is 54.0 Å². The van der Waals surface area contributed by atoms with Crippen molar-refractivity contribution in [3.8, 4) is 0 Å². The van der Waals surface area contributed by atoms with Crippen molar-refractivity contribution < 1.29 is 57.1 Å². The van der Waals surface area contributed by atoms with Gasteiger partial charge < -0.3 is 9.47 Å². The van der Waals surface area contributed by atoms with Gasteiger partial charge in [-0.3, -0.25) is 9.59 Å². The molecule has 14 nitrogen and oxygen atoms in total. The van der Waals surface area contributed by atoms with Crippen molar-refractivity contribution in [2.75, 3.05) is 13.2 Å². The summed E-state index contributed by atoms with van der Waals surface area (Å²) in [6.07, 6.45) is -6.32. The molecule has 2 saturated heterocycles. The van der Waals surface area contributed by atoms with Crippen LogP contribution in [-0.2, 0) is 63.7 Å². The Morgan fingerprint density at radius 2 is 1.29 bits per heavy atom. The summed E-state index contributed by atoms with van der Waals surface area (Å²) in [7, 11) is 0. The first-order chi connectivity index (χ1) is 22.7. The number of ether oxygens (including phenoxy) is 7. The van der Waals surface area contributed by atoms with Crippen LogP contribution in [0.4, 0.5) is 0 Å². The first-order valence-electron chi connectivity index (χ1n) is 15.8. The molecular formula is C33H43NO13Se. The molecule has 2 fully saturated rings. The molecule has 2 aliphatic heterocycles. The van der Waals surface area contributed by atoms with E-state index in [-0.39, 0.29) is 64.1 Å². The number of nitrogens with zero attached hydrogens (tertiary/aromatic N) is 1. The van der Waals surface area contributed by atoms with E-state index in [0.717, 1.165) is 4.26 Å². The summed E-state index contributed by atoms with van der Waals surface area (Å²) < 4.78 is 43.3. The van der Waals surface area contributed by atoms with Crippen LogP contribution >= 0.6 is 0 Å². The molecular weight excluding hydrogens is 697 g/mol. The van der Waals surface area contributed by atoms with Crippen molar-refractivity contribution in [3.05, 3.63) is 34.6 Å². The molecule has 0 saturated carbocycles. The molecule has 264 valence electrons. The second kappa shape index (κ2) is 16.4. The van der Waals surface area contributed by atoms with Crippen LogP contribution < -0.4 is 5.56 Å². The van der Waals surface area contributed by atoms with Crippen LogP contribution in [0.5, 0.6) is 0 Å². The Morgan fingerprint density at radius 3 is 1.85 bits per heavy atom. The number of aromatic nitrogens is 1. The molecule has 0 spiro atoms. The number of fused-ring (bicyclic) bond motifs is 1. The molecule has 1 aromatic carbocycles. The van der Waals surface area contributed by atoms with Crippen molar-refractivity contribution in [1.29, 1.82) is 0 Å². The average molecular weight is 741 g/mol. The van der Waals surface area contributed by atoms with Crippen molar-refractivity contribution in [2.24, 2.45) is 17.8 Å². The molecule has 0 aliphatic carbocycles. The molecule has 4 unspecified atom stereocenters. The zero-order valence-corrected chi connectivity index (χ0v) is 29.8. The van der Waals surface area contributed by atoms with Crippen LogP contribution in [0.3, 0.4) is 0 Å². The summed E-state index contributed by atoms with van der Waals surface area (Å²) >= 11 is -0.355. The van der Waals surface area contributed by atoms with Crippen LogP contribution in [0, 0.1) is 17.8 Å². The zero-order valence-electron chi connectivity index (χ0n) is 28.1. The topological polar surface area (TPSA) is 172 Å². The quantitative estimate of drug-likeness (QED) is 0.175. The van der Waals surface area contributed by atoms with Gasteiger partial charge in [-0.2, -0.15) is 0 Å². The van der Waals surface area contributed by atoms with E-state index in [1.54, 1.807) is 19.1 Å². The minimum absolute atomic E-state index is 0.137. The van der Waals surface area contributed by atoms with E-state index >= 15 is 0 Å². The molecule has 0 radical (unpaired) electrons. The van der Waals surface area contributed by atoms with Gasteiger partial charge in [-0.25, -0.2) is 0 Å². The first kappa shape index (κ1) is 37.5. The molecule has 0 bridgehead atoms. The number of rotatable bonds is 12. The molecule has 4 rings (SSSR count). The fourth-order valence-electron chi connectivity index (χ4n) is 6.18. The van der Waals surface area contributed by atoms with Crippen molar-refractivity contribution in [2.45, 2.75) is 104 Å². The first-order valence-corrected chi connectivity index (χ1v) is 17.5. The van der Waals surface area contributed by atoms with Crippen molar-refractivity contribution in [3.63, 3.8) is 0 Å². The van der Waals surface area contributed by atoms with Gasteiger partial charge in [0.1, 0.15) is 12.7 Å². The summed E-state index contributed by atoms with van der Waals surface area (Å²) in [6.45, 7) is 9.97. The number of ketones is 1. The Bertz CT molecular complexity index is 1550. The third-order valence-electron chi connectivity index (χ3n) is 8.67. The fraction of sp³-hybridized carbons (Fsp3) is 0.636. The summed E-state index contributed by atoms with van der Waals surface area (Å²) in [4.78, 5) is 73.9. The van der Waals surface area contributed by atoms with E-state index in [4.69, 9.17) is 33.2 Å². The van der Waals surface area contributed by atoms with Crippen molar-refractivity contribution in [1.82, 2.24) is 3.56 Å². The second-order valence-corrected chi connectivity index (χ2v) is 14.6. The number of carbonyl (C=O) groups is 5. The molecule has 48 heavy (non-hydrogen) atoms. The molecule has 1 aromatic heterocycles. The van der Waals surface area contributed by atoms with Crippen LogP contribution in [0.25, 0.3) is 9.65 Å². The van der Waals surface area contributed by atoms with Crippen LogP contribution in [0.1, 0.15) is 54.9 Å². The van der Waals surface area contributed by atoms with Gasteiger partial charge in [-0.05, 0) is 0 Å². The van der Waals surface area contributed by atoms with Gasteiger partial charge in [-0.1, -0.05) is 6.92 Å². The molecule has 0 amide bonds. The maximum absolute atomic E-state index is 13.4. The molecule has 0 N–H and O–H groups in total. The van der Waals surface area contributed by atoms with E-state index in [1.807, 2.05) is 26.0 Å². The predicted molar refractivity (Wildman–Crippen MR) is 169 cm³/mol. The standard InChI is InChI=1S/C33H43NO13Se/c1-16-17(2)33(46-27(15-42-20(5)36)29(16)43-21(6)37)47-31-18(3)30(44-22(7)38)25(45-26(31)14-41-19(4)35)12-23(39)13-34-32(40)24-10-8-9-11-28(24)48-34/h8-11,16-18,25-27,29-31,33H,12-15H2,1-7H3/t16-,17?,18-,25+,26?,27?,29-,30?,31+,33+/m1/s1. The average Bonchev–Trinajstić information content (AvgIpc) is 3.32. The summed E-state index contributed by atoms with van der Waals surface area (Å²) in [5.41, 5.74) is -0.214. The predicted octanol–water partition coefficient (Wildman–Crippen LogP) is 1.79. The fourth-order valence-corrected chi connectivity index (χ4v) is 8.32. The van der Waals surface area contributed by atoms with Gasteiger partial charge in [0.2, 0.25) is 0 Å². The molecule has 10 atom stereocenters. The van der Waals surface area contributed by atoms with Crippen LogP contribution in [0.2, 0.25) is 0 Å². The number of Topliss-reactive ketones (excluding diaryl/α,β-unsaturated/α-hetero) is 1. The molecule has 3 heterocycles. The Labute approximate surface area is 284 Å². The summed E-state index contributed by atoms with van der Waals surface area (Å²) in [6, 6.07) is 7.23. The summed E-state index contributed by atoms with van der Waals surface area (Å²) in [5.74, 6) is -3.74. The van der Waals surface area contributed by atoms with Gasteiger partial charge in [-0.15, -0.1) is 0 Å². The van der Waals surface area contributed by atoms with Gasteiger partial charge in [0.05, 0.1) is 0 Å². The van der Waals surface area contributed by atoms with Gasteiger partial charge in [0, 0.05) is 13.8 Å².